The van der Waals surface area contributed by atoms with Crippen molar-refractivity contribution < 1.29 is 0 Å². The SMILES string of the molecule is N#Cc1cnn2c1CN(Cc1ccccc1)CC2. The van der Waals surface area contributed by atoms with Crippen LogP contribution in [-0.2, 0) is 19.6 Å². The molecule has 0 saturated carbocycles. The number of hydrogen-bond acceptors (Lipinski definition) is 3. The molecule has 0 saturated heterocycles. The molecule has 0 atom stereocenters. The Morgan fingerprint density at radius 1 is 1.22 bits per heavy atom. The summed E-state index contributed by atoms with van der Waals surface area (Å²) in [5.41, 5.74) is 3.05. The minimum atomic E-state index is 0.702. The molecule has 18 heavy (non-hydrogen) atoms. The van der Waals surface area contributed by atoms with Crippen LogP contribution in [0, 0.1) is 11.3 Å². The lowest BCUT2D eigenvalue weighted by Crippen LogP contribution is -2.33. The van der Waals surface area contributed by atoms with Gasteiger partial charge in [0.2, 0.25) is 0 Å². The standard InChI is InChI=1S/C14H14N4/c15-8-13-9-16-18-7-6-17(11-14(13)18)10-12-4-2-1-3-5-12/h1-5,9H,6-7,10-11H2. The summed E-state index contributed by atoms with van der Waals surface area (Å²) in [6.07, 6.45) is 1.67. The predicted octanol–water partition coefficient (Wildman–Crippen LogP) is 1.77. The first kappa shape index (κ1) is 11.0. The number of aromatic nitrogens is 2. The average molecular weight is 238 g/mol. The normalized spacial score (nSPS) is 15.1. The van der Waals surface area contributed by atoms with Crippen molar-refractivity contribution in [1.82, 2.24) is 14.7 Å². The second-order valence-corrected chi connectivity index (χ2v) is 4.54. The van der Waals surface area contributed by atoms with Gasteiger partial charge in [-0.15, -0.1) is 0 Å². The maximum absolute atomic E-state index is 9.04. The Labute approximate surface area is 106 Å². The highest BCUT2D eigenvalue weighted by molar-refractivity contribution is 5.32. The zero-order valence-electron chi connectivity index (χ0n) is 10.1. The molecule has 4 heteroatoms. The summed E-state index contributed by atoms with van der Waals surface area (Å²) < 4.78 is 1.94. The van der Waals surface area contributed by atoms with E-state index < -0.39 is 0 Å². The molecular weight excluding hydrogens is 224 g/mol. The molecule has 1 aromatic heterocycles. The number of nitriles is 1. The fourth-order valence-corrected chi connectivity index (χ4v) is 2.37. The predicted molar refractivity (Wildman–Crippen MR) is 67.5 cm³/mol. The highest BCUT2D eigenvalue weighted by Crippen LogP contribution is 2.17. The van der Waals surface area contributed by atoms with E-state index in [1.807, 2.05) is 10.7 Å². The summed E-state index contributed by atoms with van der Waals surface area (Å²) in [5, 5.41) is 13.3. The third kappa shape index (κ3) is 2.01. The van der Waals surface area contributed by atoms with Gasteiger partial charge in [0.15, 0.2) is 0 Å². The Morgan fingerprint density at radius 3 is 2.83 bits per heavy atom. The van der Waals surface area contributed by atoms with Gasteiger partial charge >= 0.3 is 0 Å². The van der Waals surface area contributed by atoms with Gasteiger partial charge in [0.1, 0.15) is 6.07 Å². The summed E-state index contributed by atoms with van der Waals surface area (Å²) >= 11 is 0. The van der Waals surface area contributed by atoms with E-state index in [4.69, 9.17) is 5.26 Å². The lowest BCUT2D eigenvalue weighted by Gasteiger charge is -2.27. The highest BCUT2D eigenvalue weighted by Gasteiger charge is 2.20. The molecule has 4 nitrogen and oxygen atoms in total. The number of hydrogen-bond donors (Lipinski definition) is 0. The van der Waals surface area contributed by atoms with Gasteiger partial charge in [0, 0.05) is 19.6 Å². The number of nitrogens with zero attached hydrogens (tertiary/aromatic N) is 4. The smallest absolute Gasteiger partial charge is 0.103 e. The van der Waals surface area contributed by atoms with Crippen LogP contribution in [0.15, 0.2) is 36.5 Å². The van der Waals surface area contributed by atoms with Crippen molar-refractivity contribution >= 4 is 0 Å². The van der Waals surface area contributed by atoms with Gasteiger partial charge in [0.05, 0.1) is 24.0 Å². The lowest BCUT2D eigenvalue weighted by atomic mass is 10.1. The van der Waals surface area contributed by atoms with Gasteiger partial charge in [0.25, 0.3) is 0 Å². The quantitative estimate of drug-likeness (QED) is 0.801. The highest BCUT2D eigenvalue weighted by atomic mass is 15.3. The summed E-state index contributed by atoms with van der Waals surface area (Å²) in [6.45, 7) is 3.58. The first-order valence-corrected chi connectivity index (χ1v) is 6.08. The molecule has 0 aliphatic carbocycles. The number of rotatable bonds is 2. The molecule has 0 radical (unpaired) electrons. The van der Waals surface area contributed by atoms with Crippen molar-refractivity contribution in [3.05, 3.63) is 53.3 Å². The summed E-state index contributed by atoms with van der Waals surface area (Å²) in [4.78, 5) is 2.35. The van der Waals surface area contributed by atoms with Crippen LogP contribution >= 0.6 is 0 Å². The van der Waals surface area contributed by atoms with Crippen molar-refractivity contribution in [2.24, 2.45) is 0 Å². The number of benzene rings is 1. The Kier molecular flexibility index (Phi) is 2.83. The third-order valence-corrected chi connectivity index (χ3v) is 3.32. The van der Waals surface area contributed by atoms with E-state index in [0.29, 0.717) is 5.56 Å². The maximum Gasteiger partial charge on any atom is 0.103 e. The first-order chi connectivity index (χ1) is 8.86. The molecule has 0 N–H and O–H groups in total. The molecule has 0 spiro atoms. The van der Waals surface area contributed by atoms with Crippen LogP contribution in [0.5, 0.6) is 0 Å². The Bertz CT molecular complexity index is 580. The summed E-state index contributed by atoms with van der Waals surface area (Å²) in [5.74, 6) is 0. The van der Waals surface area contributed by atoms with Crippen molar-refractivity contribution in [2.75, 3.05) is 6.54 Å². The van der Waals surface area contributed by atoms with Crippen LogP contribution in [0.3, 0.4) is 0 Å². The summed E-state index contributed by atoms with van der Waals surface area (Å²) in [7, 11) is 0. The van der Waals surface area contributed by atoms with Crippen LogP contribution in [0.1, 0.15) is 16.8 Å². The molecule has 0 bridgehead atoms. The zero-order chi connectivity index (χ0) is 12.4. The molecule has 1 aromatic carbocycles. The first-order valence-electron chi connectivity index (χ1n) is 6.08. The second kappa shape index (κ2) is 4.63. The molecule has 1 aliphatic heterocycles. The summed E-state index contributed by atoms with van der Waals surface area (Å²) in [6, 6.07) is 12.6. The second-order valence-electron chi connectivity index (χ2n) is 4.54. The molecule has 0 amide bonds. The minimum Gasteiger partial charge on any atom is -0.291 e. The van der Waals surface area contributed by atoms with Crippen molar-refractivity contribution in [3.63, 3.8) is 0 Å². The average Bonchev–Trinajstić information content (AvgIpc) is 2.82. The molecule has 0 unspecified atom stereocenters. The topological polar surface area (TPSA) is 44.9 Å². The van der Waals surface area contributed by atoms with Crippen LogP contribution in [0.2, 0.25) is 0 Å². The van der Waals surface area contributed by atoms with E-state index in [0.717, 1.165) is 31.9 Å². The van der Waals surface area contributed by atoms with Gasteiger partial charge in [-0.1, -0.05) is 30.3 Å². The van der Waals surface area contributed by atoms with Gasteiger partial charge in [-0.3, -0.25) is 9.58 Å². The monoisotopic (exact) mass is 238 g/mol. The van der Waals surface area contributed by atoms with E-state index >= 15 is 0 Å². The van der Waals surface area contributed by atoms with E-state index in [-0.39, 0.29) is 0 Å². The van der Waals surface area contributed by atoms with Crippen molar-refractivity contribution in [3.8, 4) is 6.07 Å². The Morgan fingerprint density at radius 2 is 2.06 bits per heavy atom. The van der Waals surface area contributed by atoms with Gasteiger partial charge in [-0.2, -0.15) is 10.4 Å². The van der Waals surface area contributed by atoms with E-state index in [1.165, 1.54) is 5.56 Å². The molecule has 0 fully saturated rings. The van der Waals surface area contributed by atoms with Gasteiger partial charge < -0.3 is 0 Å². The lowest BCUT2D eigenvalue weighted by molar-refractivity contribution is 0.205. The Balaban J connectivity index is 1.77. The van der Waals surface area contributed by atoms with Crippen LogP contribution < -0.4 is 0 Å². The molecular formula is C14H14N4. The van der Waals surface area contributed by atoms with Crippen molar-refractivity contribution in [2.45, 2.75) is 19.6 Å². The molecule has 90 valence electrons. The van der Waals surface area contributed by atoms with Crippen LogP contribution in [0.4, 0.5) is 0 Å². The van der Waals surface area contributed by atoms with E-state index in [9.17, 15) is 0 Å². The molecule has 2 heterocycles. The minimum absolute atomic E-state index is 0.702. The Hall–Kier alpha value is -2.12. The number of fused-ring (bicyclic) bond motifs is 1. The fourth-order valence-electron chi connectivity index (χ4n) is 2.37. The van der Waals surface area contributed by atoms with Crippen LogP contribution in [-0.4, -0.2) is 21.2 Å². The molecule has 3 rings (SSSR count). The van der Waals surface area contributed by atoms with Crippen molar-refractivity contribution in [1.29, 1.82) is 5.26 Å². The fraction of sp³-hybridized carbons (Fsp3) is 0.286. The molecule has 2 aromatic rings. The largest absolute Gasteiger partial charge is 0.291 e. The van der Waals surface area contributed by atoms with E-state index in [2.05, 4.69) is 40.3 Å². The third-order valence-electron chi connectivity index (χ3n) is 3.32. The van der Waals surface area contributed by atoms with Crippen LogP contribution in [0.25, 0.3) is 0 Å². The van der Waals surface area contributed by atoms with E-state index in [1.54, 1.807) is 6.20 Å². The maximum atomic E-state index is 9.04. The van der Waals surface area contributed by atoms with Gasteiger partial charge in [-0.05, 0) is 5.56 Å². The zero-order valence-corrected chi connectivity index (χ0v) is 10.1. The molecule has 1 aliphatic rings. The van der Waals surface area contributed by atoms with Gasteiger partial charge in [-0.25, -0.2) is 0 Å².